The first-order valence-corrected chi connectivity index (χ1v) is 46.8. The Labute approximate surface area is 862 Å². The summed E-state index contributed by atoms with van der Waals surface area (Å²) in [5.74, 6) is -4.62. The van der Waals surface area contributed by atoms with Gasteiger partial charge in [-0.2, -0.15) is 0 Å². The maximum absolute atomic E-state index is 15.7. The van der Waals surface area contributed by atoms with Gasteiger partial charge in [-0.1, -0.05) is 46.4 Å². The minimum Gasteiger partial charge on any atom is -0.485 e. The lowest BCUT2D eigenvalue weighted by Crippen LogP contribution is -2.26. The smallest absolute Gasteiger partial charge is 0.283 e. The fourth-order valence-electron chi connectivity index (χ4n) is 14.9. The van der Waals surface area contributed by atoms with Gasteiger partial charge in [-0.05, 0) is 254 Å². The van der Waals surface area contributed by atoms with Gasteiger partial charge in [0, 0.05) is 122 Å². The molecule has 30 nitrogen and oxygen atoms in total. The molecule has 0 radical (unpaired) electrons. The molecule has 0 saturated carbocycles. The van der Waals surface area contributed by atoms with Crippen LogP contribution in [0.3, 0.4) is 0 Å². The summed E-state index contributed by atoms with van der Waals surface area (Å²) in [5, 5.41) is 39.7. The van der Waals surface area contributed by atoms with Crippen LogP contribution >= 0.6 is 46.4 Å². The van der Waals surface area contributed by atoms with Gasteiger partial charge < -0.3 is 43.9 Å². The Balaban J connectivity index is 0.000000165. The molecule has 0 aliphatic carbocycles. The van der Waals surface area contributed by atoms with E-state index in [0.717, 1.165) is 4.57 Å². The van der Waals surface area contributed by atoms with E-state index in [1.54, 1.807) is 101 Å². The van der Waals surface area contributed by atoms with Crippen LogP contribution in [0.2, 0.25) is 20.1 Å². The highest BCUT2D eigenvalue weighted by Gasteiger charge is 2.32. The van der Waals surface area contributed by atoms with Crippen LogP contribution in [0.4, 0.5) is 35.1 Å². The Kier molecular flexibility index (Phi) is 33.4. The highest BCUT2D eigenvalue weighted by Crippen LogP contribution is 2.44. The highest BCUT2D eigenvalue weighted by atomic mass is 35.5. The van der Waals surface area contributed by atoms with Crippen molar-refractivity contribution in [3.63, 3.8) is 0 Å². The maximum atomic E-state index is 15.7. The molecule has 768 valence electrons. The second kappa shape index (κ2) is 44.8. The highest BCUT2D eigenvalue weighted by molar-refractivity contribution is 6.33. The van der Waals surface area contributed by atoms with Crippen LogP contribution in [0.25, 0.3) is 79.3 Å². The van der Waals surface area contributed by atoms with Gasteiger partial charge in [0.1, 0.15) is 150 Å². The molecule has 16 aromatic rings. The molecule has 16 rings (SSSR count). The third-order valence-corrected chi connectivity index (χ3v) is 24.1. The van der Waals surface area contributed by atoms with Gasteiger partial charge in [0.05, 0.1) is 39.7 Å². The van der Waals surface area contributed by atoms with Crippen LogP contribution in [0.1, 0.15) is 157 Å². The van der Waals surface area contributed by atoms with E-state index in [9.17, 15) is 57.2 Å². The third-order valence-electron chi connectivity index (χ3n) is 22.7. The fourth-order valence-corrected chi connectivity index (χ4v) is 15.7. The van der Waals surface area contributed by atoms with Crippen LogP contribution in [0.15, 0.2) is 178 Å². The molecule has 0 aliphatic rings. The average Bonchev–Trinajstić information content (AvgIpc) is 0.767. The summed E-state index contributed by atoms with van der Waals surface area (Å²) in [7, 11) is 2.98. The van der Waals surface area contributed by atoms with Crippen molar-refractivity contribution in [3.8, 4) is 102 Å². The Hall–Kier alpha value is -14.9. The maximum Gasteiger partial charge on any atom is 0.283 e. The number of rotatable bonds is 24. The van der Waals surface area contributed by atoms with Crippen molar-refractivity contribution >= 4 is 46.4 Å². The molecule has 0 amide bonds. The molecular weight excluding hydrogens is 2010 g/mol. The van der Waals surface area contributed by atoms with Gasteiger partial charge in [0.25, 0.3) is 22.2 Å². The Bertz CT molecular complexity index is 7850. The predicted octanol–water partition coefficient (Wildman–Crippen LogP) is 20.0. The molecule has 0 fully saturated rings. The zero-order chi connectivity index (χ0) is 108. The zero-order valence-corrected chi connectivity index (χ0v) is 86.5. The SMILES string of the molecule is Cc1cnc(COc2cc(C)c(-c3cc(-c4ccnc(C(C)(C)O)n4)cc(=O)n3C)c(F)c2Cl)c(F)c1.Cc1cnc(COc2cc(C)c(-c3cn(-c4ccnc(C(C)(C)O)n4)c(=O)cc3C)c(F)c2Cl)c(F)c1.Cc1cnc(COc2cc(C)c(-c3nc(-c4ccnc(C(C)(C)O)n4)cc(=O)n3C)c(F)c2Cl)c(F)c1.Cc1cnc(COc2cc(C)c(-n3c(C)cnc(-c4ccnc(C(C)(C)O)n4)c3=O)c(F)c2Cl)c(F)c1. The minimum atomic E-state index is -1.34. The summed E-state index contributed by atoms with van der Waals surface area (Å²) in [4.78, 5) is 110. The van der Waals surface area contributed by atoms with Crippen molar-refractivity contribution in [1.29, 1.82) is 0 Å². The second-order valence-corrected chi connectivity index (χ2v) is 38.3. The zero-order valence-electron chi connectivity index (χ0n) is 83.5. The van der Waals surface area contributed by atoms with Crippen LogP contribution in [0, 0.1) is 116 Å². The molecule has 12 aromatic heterocycles. The standard InChI is InChI=1S/2C27H25ClF2N4O3.2C26H24ClF2N5O3/c1-14-8-17(29)19(32-12-14)13-37-21-9-15(2)23(25(30)24(21)28)20-10-16(11-22(35)34(20)5)18-6-7-31-26(33-18)27(3,4)36;1-14-8-18(29)19(32-11-14)13-37-20-9-16(3)23(25(30)24(20)28)17-12-34(22(35)10-15(17)2)21-6-7-31-26(33-21)27(4,5)36;1-13-8-15(28)18(31-11-13)12-37-19-9-14(2)21(23(29)22(19)27)24-32-17(10-20(35)34(24)5)16-6-7-30-25(33-16)26(3,4)36;1-13-8-16(28)18(31-10-13)12-37-19-9-14(2)23(21(29)20(19)27)34-15(3)11-32-22(24(34)35)17-6-7-30-25(33-17)26(4,5)36/h2*6-12,36H,13H2,1-5H3;2*6-11,36H,12H2,1-5H3. The molecule has 0 saturated heterocycles. The number of nitrogens with zero attached hydrogens (tertiary/aromatic N) is 18. The molecule has 148 heavy (non-hydrogen) atoms. The monoisotopic (exact) mass is 2110 g/mol. The molecule has 0 atom stereocenters. The van der Waals surface area contributed by atoms with E-state index < -0.39 is 91.2 Å². The number of hydrogen-bond donors (Lipinski definition) is 4. The topological polar surface area (TPSA) is 386 Å². The number of benzene rings is 4. The minimum absolute atomic E-state index is 0.00444. The first kappa shape index (κ1) is 110. The predicted molar refractivity (Wildman–Crippen MR) is 540 cm³/mol. The number of halogens is 12. The van der Waals surface area contributed by atoms with E-state index in [1.807, 2.05) is 0 Å². The summed E-state index contributed by atoms with van der Waals surface area (Å²) >= 11 is 25.2. The van der Waals surface area contributed by atoms with Gasteiger partial charge in [-0.3, -0.25) is 52.8 Å². The number of hydrogen-bond acceptors (Lipinski definition) is 26. The van der Waals surface area contributed by atoms with Gasteiger partial charge in [0.2, 0.25) is 0 Å². The number of pyridine rings is 6. The number of aryl methyl sites for hydroxylation is 10. The molecule has 4 N–H and O–H groups in total. The van der Waals surface area contributed by atoms with Crippen molar-refractivity contribution in [2.45, 2.75) is 173 Å². The summed E-state index contributed by atoms with van der Waals surface area (Å²) in [6, 6.07) is 23.1. The lowest BCUT2D eigenvalue weighted by molar-refractivity contribution is 0.0682. The van der Waals surface area contributed by atoms with E-state index in [4.69, 9.17) is 65.4 Å². The number of ether oxygens (including phenoxy) is 4. The largest absolute Gasteiger partial charge is 0.485 e. The molecule has 0 bridgehead atoms. The van der Waals surface area contributed by atoms with Gasteiger partial charge >= 0.3 is 0 Å². The van der Waals surface area contributed by atoms with Gasteiger partial charge in [-0.25, -0.2) is 85.0 Å². The fraction of sp³-hybridized carbons (Fsp3) is 0.264. The van der Waals surface area contributed by atoms with E-state index >= 15 is 17.6 Å². The van der Waals surface area contributed by atoms with E-state index in [-0.39, 0.29) is 178 Å². The van der Waals surface area contributed by atoms with Crippen LogP contribution in [0.5, 0.6) is 23.0 Å². The van der Waals surface area contributed by atoms with Crippen LogP contribution < -0.4 is 41.2 Å². The van der Waals surface area contributed by atoms with Crippen LogP contribution in [-0.4, -0.2) is 108 Å². The first-order chi connectivity index (χ1) is 69.5. The molecule has 12 heterocycles. The van der Waals surface area contributed by atoms with Crippen molar-refractivity contribution in [2.75, 3.05) is 0 Å². The molecule has 0 spiro atoms. The van der Waals surface area contributed by atoms with Gasteiger partial charge in [0.15, 0.2) is 52.3 Å². The Morgan fingerprint density at radius 1 is 0.351 bits per heavy atom. The Morgan fingerprint density at radius 2 is 0.716 bits per heavy atom. The second-order valence-electron chi connectivity index (χ2n) is 36.8. The summed E-state index contributed by atoms with van der Waals surface area (Å²) < 4.78 is 146. The van der Waals surface area contributed by atoms with E-state index in [2.05, 4.69) is 69.8 Å². The average molecular weight is 2110 g/mol. The van der Waals surface area contributed by atoms with Crippen molar-refractivity contribution < 1.29 is 74.5 Å². The van der Waals surface area contributed by atoms with Gasteiger partial charge in [-0.15, -0.1) is 0 Å². The molecule has 4 aromatic carbocycles. The normalized spacial score (nSPS) is 11.6. The Morgan fingerprint density at radius 3 is 1.16 bits per heavy atom. The summed E-state index contributed by atoms with van der Waals surface area (Å²) in [6.07, 6.45) is 14.7. The van der Waals surface area contributed by atoms with E-state index in [0.29, 0.717) is 72.6 Å². The van der Waals surface area contributed by atoms with E-state index in [1.165, 1.54) is 210 Å². The first-order valence-electron chi connectivity index (χ1n) is 45.2. The van der Waals surface area contributed by atoms with Crippen molar-refractivity contribution in [3.05, 3.63) is 369 Å². The number of aliphatic hydroxyl groups is 4. The number of aromatic nitrogens is 18. The molecule has 42 heteroatoms. The van der Waals surface area contributed by atoms with Crippen LogP contribution in [-0.2, 0) is 62.9 Å². The quantitative estimate of drug-likeness (QED) is 0.0408. The summed E-state index contributed by atoms with van der Waals surface area (Å²) in [5.41, 5.74) is 0.494. The molecule has 0 aliphatic heterocycles. The lowest BCUT2D eigenvalue weighted by Gasteiger charge is -2.18. The molecule has 0 unspecified atom stereocenters. The summed E-state index contributed by atoms with van der Waals surface area (Å²) in [6.45, 7) is 27.9. The third kappa shape index (κ3) is 25.0. The lowest BCUT2D eigenvalue weighted by atomic mass is 9.97. The van der Waals surface area contributed by atoms with Crippen molar-refractivity contribution in [1.82, 2.24) is 88.0 Å². The van der Waals surface area contributed by atoms with Crippen molar-refractivity contribution in [2.24, 2.45) is 14.1 Å². The molecular formula is C106H98Cl4F8N18O12.